The van der Waals surface area contributed by atoms with Crippen molar-refractivity contribution in [1.29, 1.82) is 0 Å². The molecule has 0 spiro atoms. The van der Waals surface area contributed by atoms with Crippen molar-refractivity contribution in [3.8, 4) is 5.75 Å². The lowest BCUT2D eigenvalue weighted by molar-refractivity contribution is -0.122. The van der Waals surface area contributed by atoms with Gasteiger partial charge in [0.15, 0.2) is 0 Å². The van der Waals surface area contributed by atoms with E-state index < -0.39 is 12.2 Å². The zero-order valence-corrected chi connectivity index (χ0v) is 13.5. The standard InChI is InChI=1S/C18H17F3N2O2/c1-22-9-8-12-2-5-15(10-14(12)11-22)23(18(19,20)21)17(25)13-3-6-16(24)7-4-13/h2-7,10,24H,8-9,11H2,1H3. The molecule has 0 atom stereocenters. The van der Waals surface area contributed by atoms with Gasteiger partial charge in [-0.3, -0.25) is 4.79 Å². The Bertz CT molecular complexity index is 788. The van der Waals surface area contributed by atoms with Crippen LogP contribution < -0.4 is 4.90 Å². The molecule has 0 aliphatic carbocycles. The van der Waals surface area contributed by atoms with Crippen LogP contribution in [-0.4, -0.2) is 35.8 Å². The Hall–Kier alpha value is -2.54. The highest BCUT2D eigenvalue weighted by Crippen LogP contribution is 2.33. The molecule has 0 saturated heterocycles. The Morgan fingerprint density at radius 2 is 1.80 bits per heavy atom. The number of carbonyl (C=O) groups excluding carboxylic acids is 1. The van der Waals surface area contributed by atoms with Crippen molar-refractivity contribution in [3.05, 3.63) is 59.2 Å². The van der Waals surface area contributed by atoms with Crippen molar-refractivity contribution in [3.63, 3.8) is 0 Å². The molecule has 132 valence electrons. The summed E-state index contributed by atoms with van der Waals surface area (Å²) in [7, 11) is 1.90. The Labute approximate surface area is 143 Å². The molecule has 0 saturated carbocycles. The maximum atomic E-state index is 13.6. The number of carbonyl (C=O) groups is 1. The number of hydrogen-bond acceptors (Lipinski definition) is 3. The van der Waals surface area contributed by atoms with Crippen LogP contribution in [0.2, 0.25) is 0 Å². The van der Waals surface area contributed by atoms with Crippen molar-refractivity contribution < 1.29 is 23.1 Å². The summed E-state index contributed by atoms with van der Waals surface area (Å²) in [5.74, 6) is -1.30. The van der Waals surface area contributed by atoms with E-state index in [0.29, 0.717) is 6.54 Å². The average Bonchev–Trinajstić information content (AvgIpc) is 2.54. The van der Waals surface area contributed by atoms with Crippen molar-refractivity contribution in [2.75, 3.05) is 18.5 Å². The lowest BCUT2D eigenvalue weighted by atomic mass is 9.99. The highest BCUT2D eigenvalue weighted by atomic mass is 19.4. The van der Waals surface area contributed by atoms with Gasteiger partial charge >= 0.3 is 6.30 Å². The fourth-order valence-corrected chi connectivity index (χ4v) is 2.94. The molecule has 1 aliphatic rings. The summed E-state index contributed by atoms with van der Waals surface area (Å²) < 4.78 is 40.7. The normalized spacial score (nSPS) is 14.9. The first-order valence-electron chi connectivity index (χ1n) is 7.76. The molecule has 0 fully saturated rings. The highest BCUT2D eigenvalue weighted by molar-refractivity contribution is 6.06. The van der Waals surface area contributed by atoms with Crippen molar-refractivity contribution >= 4 is 11.6 Å². The Kier molecular flexibility index (Phi) is 4.43. The molecule has 25 heavy (non-hydrogen) atoms. The lowest BCUT2D eigenvalue weighted by Crippen LogP contribution is -2.43. The van der Waals surface area contributed by atoms with Crippen LogP contribution in [0.1, 0.15) is 21.5 Å². The molecule has 1 heterocycles. The first-order chi connectivity index (χ1) is 11.8. The minimum absolute atomic E-state index is 0.119. The van der Waals surface area contributed by atoms with E-state index in [2.05, 4.69) is 0 Å². The monoisotopic (exact) mass is 350 g/mol. The number of halogens is 3. The number of hydrogen-bond donors (Lipinski definition) is 1. The Morgan fingerprint density at radius 1 is 1.12 bits per heavy atom. The number of alkyl halides is 3. The first-order valence-corrected chi connectivity index (χ1v) is 7.76. The van der Waals surface area contributed by atoms with Gasteiger partial charge in [0.25, 0.3) is 5.91 Å². The zero-order valence-electron chi connectivity index (χ0n) is 13.5. The van der Waals surface area contributed by atoms with Crippen LogP contribution in [0.25, 0.3) is 0 Å². The van der Waals surface area contributed by atoms with Gasteiger partial charge in [-0.25, -0.2) is 4.90 Å². The molecule has 1 aliphatic heterocycles. The van der Waals surface area contributed by atoms with Crippen LogP contribution in [0.15, 0.2) is 42.5 Å². The van der Waals surface area contributed by atoms with Crippen LogP contribution in [0.3, 0.4) is 0 Å². The lowest BCUT2D eigenvalue weighted by Gasteiger charge is -2.29. The number of phenolic OH excluding ortho intramolecular Hbond substituents is 1. The number of nitrogens with zero attached hydrogens (tertiary/aromatic N) is 2. The fraction of sp³-hybridized carbons (Fsp3) is 0.278. The summed E-state index contributed by atoms with van der Waals surface area (Å²) in [5.41, 5.74) is 1.43. The van der Waals surface area contributed by atoms with Gasteiger partial charge in [0, 0.05) is 18.7 Å². The van der Waals surface area contributed by atoms with E-state index in [1.54, 1.807) is 6.07 Å². The second kappa shape index (κ2) is 6.40. The number of fused-ring (bicyclic) bond motifs is 1. The van der Waals surface area contributed by atoms with Crippen molar-refractivity contribution in [2.45, 2.75) is 19.3 Å². The van der Waals surface area contributed by atoms with Gasteiger partial charge in [-0.2, -0.15) is 0 Å². The van der Waals surface area contributed by atoms with Gasteiger partial charge in [-0.05, 0) is 61.0 Å². The van der Waals surface area contributed by atoms with E-state index in [1.807, 2.05) is 11.9 Å². The van der Waals surface area contributed by atoms with Gasteiger partial charge in [0.05, 0.1) is 5.69 Å². The number of benzene rings is 2. The maximum absolute atomic E-state index is 13.6. The van der Waals surface area contributed by atoms with Crippen LogP contribution in [0.4, 0.5) is 18.9 Å². The van der Waals surface area contributed by atoms with E-state index in [1.165, 1.54) is 36.4 Å². The third-order valence-corrected chi connectivity index (χ3v) is 4.22. The largest absolute Gasteiger partial charge is 0.508 e. The van der Waals surface area contributed by atoms with E-state index in [4.69, 9.17) is 0 Å². The predicted molar refractivity (Wildman–Crippen MR) is 87.5 cm³/mol. The molecule has 2 aromatic rings. The van der Waals surface area contributed by atoms with Crippen LogP contribution in [0, 0.1) is 0 Å². The molecule has 1 amide bonds. The Balaban J connectivity index is 2.01. The quantitative estimate of drug-likeness (QED) is 0.843. The molecule has 4 nitrogen and oxygen atoms in total. The smallest absolute Gasteiger partial charge is 0.491 e. The summed E-state index contributed by atoms with van der Waals surface area (Å²) in [6.45, 7) is 1.39. The van der Waals surface area contributed by atoms with Gasteiger partial charge < -0.3 is 10.0 Å². The maximum Gasteiger partial charge on any atom is 0.491 e. The summed E-state index contributed by atoms with van der Waals surface area (Å²) in [6, 6.07) is 9.12. The summed E-state index contributed by atoms with van der Waals surface area (Å²) in [5, 5.41) is 9.26. The van der Waals surface area contributed by atoms with E-state index in [9.17, 15) is 23.1 Å². The molecule has 0 bridgehead atoms. The molecule has 2 aromatic carbocycles. The third-order valence-electron chi connectivity index (χ3n) is 4.22. The highest BCUT2D eigenvalue weighted by Gasteiger charge is 2.43. The summed E-state index contributed by atoms with van der Waals surface area (Å²) >= 11 is 0. The number of aromatic hydroxyl groups is 1. The van der Waals surface area contributed by atoms with E-state index >= 15 is 0 Å². The second-order valence-corrected chi connectivity index (χ2v) is 6.10. The van der Waals surface area contributed by atoms with Crippen LogP contribution in [-0.2, 0) is 13.0 Å². The third kappa shape index (κ3) is 3.61. The van der Waals surface area contributed by atoms with E-state index in [0.717, 1.165) is 24.1 Å². The first kappa shape index (κ1) is 17.3. The second-order valence-electron chi connectivity index (χ2n) is 6.10. The average molecular weight is 350 g/mol. The topological polar surface area (TPSA) is 43.8 Å². The van der Waals surface area contributed by atoms with Crippen molar-refractivity contribution in [1.82, 2.24) is 4.90 Å². The van der Waals surface area contributed by atoms with Gasteiger partial charge in [-0.1, -0.05) is 6.07 Å². The predicted octanol–water partition coefficient (Wildman–Crippen LogP) is 3.55. The number of amides is 1. The molecule has 7 heteroatoms. The van der Waals surface area contributed by atoms with Gasteiger partial charge in [0.1, 0.15) is 5.75 Å². The molecular formula is C18H17F3N2O2. The van der Waals surface area contributed by atoms with Crippen LogP contribution >= 0.6 is 0 Å². The molecule has 3 rings (SSSR count). The minimum atomic E-state index is -4.86. The SMILES string of the molecule is CN1CCc2ccc(N(C(=O)c3ccc(O)cc3)C(F)(F)F)cc2C1. The zero-order chi connectivity index (χ0) is 18.2. The fourth-order valence-electron chi connectivity index (χ4n) is 2.94. The number of phenols is 1. The number of likely N-dealkylation sites (N-methyl/N-ethyl adjacent to an activating group) is 1. The van der Waals surface area contributed by atoms with Crippen molar-refractivity contribution in [2.24, 2.45) is 0 Å². The van der Waals surface area contributed by atoms with Gasteiger partial charge in [0.2, 0.25) is 0 Å². The molecular weight excluding hydrogens is 333 g/mol. The minimum Gasteiger partial charge on any atom is -0.508 e. The van der Waals surface area contributed by atoms with Gasteiger partial charge in [-0.15, -0.1) is 13.2 Å². The molecule has 1 N–H and O–H groups in total. The summed E-state index contributed by atoms with van der Waals surface area (Å²) in [4.78, 5) is 14.3. The number of anilines is 1. The molecule has 0 unspecified atom stereocenters. The van der Waals surface area contributed by atoms with E-state index in [-0.39, 0.29) is 21.9 Å². The summed E-state index contributed by atoms with van der Waals surface area (Å²) in [6.07, 6.45) is -4.09. The number of rotatable bonds is 2. The Morgan fingerprint density at radius 3 is 2.44 bits per heavy atom. The van der Waals surface area contributed by atoms with Crippen LogP contribution in [0.5, 0.6) is 5.75 Å². The molecule has 0 radical (unpaired) electrons. The molecule has 0 aromatic heterocycles.